The molecule has 12 nitrogen and oxygen atoms in total. The Bertz CT molecular complexity index is 1740. The normalized spacial score (nSPS) is 10.7. The molecule has 0 fully saturated rings. The zero-order valence-corrected chi connectivity index (χ0v) is 20.0. The van der Waals surface area contributed by atoms with Gasteiger partial charge >= 0.3 is 0 Å². The first kappa shape index (κ1) is 24.2. The number of hydroxylamine groups is 1. The lowest BCUT2D eigenvalue weighted by atomic mass is 10.3. The van der Waals surface area contributed by atoms with E-state index >= 15 is 0 Å². The van der Waals surface area contributed by atoms with Crippen molar-refractivity contribution < 1.29 is 14.9 Å². The molecular formula is C26H20N8O4. The van der Waals surface area contributed by atoms with Crippen LogP contribution in [-0.4, -0.2) is 45.1 Å². The molecule has 0 unspecified atom stereocenters. The van der Waals surface area contributed by atoms with Crippen LogP contribution in [0.15, 0.2) is 97.8 Å². The molecule has 0 aliphatic heterocycles. The van der Waals surface area contributed by atoms with Crippen molar-refractivity contribution >= 4 is 39.3 Å². The standard InChI is InChI=1S/C14H12N4O2.C12H8N4O2/c1-10(19)18(20)11-6-7-14(15-8-11)17-9-16-12-4-2-3-5-13(12)17;17-16(18)9-5-6-12(13-7-9)15-8-14-10-3-1-2-4-11(10)15/h2-9,20H,1H3;1-8H. The Balaban J connectivity index is 0.000000156. The fourth-order valence-corrected chi connectivity index (χ4v) is 3.74. The van der Waals surface area contributed by atoms with Crippen LogP contribution < -0.4 is 5.06 Å². The van der Waals surface area contributed by atoms with Crippen molar-refractivity contribution in [3.05, 3.63) is 108 Å². The lowest BCUT2D eigenvalue weighted by Gasteiger charge is -2.12. The van der Waals surface area contributed by atoms with Crippen molar-refractivity contribution in [3.8, 4) is 11.6 Å². The van der Waals surface area contributed by atoms with E-state index in [9.17, 15) is 20.1 Å². The number of nitrogens with zero attached hydrogens (tertiary/aromatic N) is 8. The van der Waals surface area contributed by atoms with E-state index in [0.717, 1.165) is 22.1 Å². The number of anilines is 1. The SMILES string of the molecule is CC(=O)N(O)c1ccc(-n2cnc3ccccc32)nc1.O=[N+]([O-])c1ccc(-n2cnc3ccccc32)nc1. The number of imidazole rings is 2. The van der Waals surface area contributed by atoms with Crippen molar-refractivity contribution in [2.45, 2.75) is 6.92 Å². The van der Waals surface area contributed by atoms with Crippen LogP contribution in [0.4, 0.5) is 11.4 Å². The number of amides is 1. The topological polar surface area (TPSA) is 145 Å². The molecule has 4 heterocycles. The third-order valence-corrected chi connectivity index (χ3v) is 5.62. The average molecular weight is 508 g/mol. The maximum atomic E-state index is 11.1. The van der Waals surface area contributed by atoms with Crippen LogP contribution in [0.5, 0.6) is 0 Å². The summed E-state index contributed by atoms with van der Waals surface area (Å²) in [5.41, 5.74) is 3.90. The summed E-state index contributed by atoms with van der Waals surface area (Å²) < 4.78 is 3.63. The summed E-state index contributed by atoms with van der Waals surface area (Å²) in [6, 6.07) is 21.7. The second kappa shape index (κ2) is 10.2. The Morgan fingerprint density at radius 1 is 0.789 bits per heavy atom. The summed E-state index contributed by atoms with van der Waals surface area (Å²) in [6.45, 7) is 1.28. The van der Waals surface area contributed by atoms with Gasteiger partial charge in [-0.15, -0.1) is 0 Å². The number of carbonyl (C=O) groups excluding carboxylic acids is 1. The third kappa shape index (κ3) is 4.79. The van der Waals surface area contributed by atoms with Gasteiger partial charge in [-0.1, -0.05) is 24.3 Å². The smallest absolute Gasteiger partial charge is 0.283 e. The third-order valence-electron chi connectivity index (χ3n) is 5.62. The van der Waals surface area contributed by atoms with E-state index in [0.29, 0.717) is 22.4 Å². The molecule has 188 valence electrons. The molecule has 0 bridgehead atoms. The van der Waals surface area contributed by atoms with E-state index < -0.39 is 10.8 Å². The highest BCUT2D eigenvalue weighted by atomic mass is 16.6. The van der Waals surface area contributed by atoms with Gasteiger partial charge in [-0.2, -0.15) is 5.06 Å². The molecule has 12 heteroatoms. The zero-order valence-electron chi connectivity index (χ0n) is 20.0. The summed E-state index contributed by atoms with van der Waals surface area (Å²) >= 11 is 0. The largest absolute Gasteiger partial charge is 0.287 e. The molecule has 1 amide bonds. The molecule has 0 saturated heterocycles. The second-order valence-electron chi connectivity index (χ2n) is 8.04. The molecule has 0 aliphatic carbocycles. The molecule has 38 heavy (non-hydrogen) atoms. The lowest BCUT2D eigenvalue weighted by Crippen LogP contribution is -2.23. The Morgan fingerprint density at radius 2 is 1.32 bits per heavy atom. The molecule has 0 saturated carbocycles. The molecule has 0 spiro atoms. The number of hydrogen-bond acceptors (Lipinski definition) is 8. The number of fused-ring (bicyclic) bond motifs is 2. The van der Waals surface area contributed by atoms with E-state index in [2.05, 4.69) is 19.9 Å². The first-order valence-corrected chi connectivity index (χ1v) is 11.3. The number of nitro groups is 1. The van der Waals surface area contributed by atoms with Crippen LogP contribution in [0.25, 0.3) is 33.7 Å². The fourth-order valence-electron chi connectivity index (χ4n) is 3.74. The predicted molar refractivity (Wildman–Crippen MR) is 139 cm³/mol. The summed E-state index contributed by atoms with van der Waals surface area (Å²) in [7, 11) is 0. The zero-order chi connectivity index (χ0) is 26.6. The van der Waals surface area contributed by atoms with Gasteiger partial charge in [-0.05, 0) is 42.5 Å². The maximum absolute atomic E-state index is 11.1. The van der Waals surface area contributed by atoms with Gasteiger partial charge in [0.2, 0.25) is 5.91 Å². The van der Waals surface area contributed by atoms with Crippen LogP contribution in [0.2, 0.25) is 0 Å². The minimum Gasteiger partial charge on any atom is -0.283 e. The number of rotatable bonds is 4. The van der Waals surface area contributed by atoms with Crippen LogP contribution in [0, 0.1) is 10.1 Å². The highest BCUT2D eigenvalue weighted by Crippen LogP contribution is 2.19. The Hall–Kier alpha value is -5.49. The van der Waals surface area contributed by atoms with Gasteiger partial charge in [0, 0.05) is 13.0 Å². The summed E-state index contributed by atoms with van der Waals surface area (Å²) in [6.07, 6.45) is 6.02. The van der Waals surface area contributed by atoms with Crippen molar-refractivity contribution in [1.29, 1.82) is 0 Å². The molecule has 0 atom stereocenters. The number of carbonyl (C=O) groups is 1. The van der Waals surface area contributed by atoms with Gasteiger partial charge in [0.1, 0.15) is 30.5 Å². The lowest BCUT2D eigenvalue weighted by molar-refractivity contribution is -0.385. The van der Waals surface area contributed by atoms with Crippen LogP contribution in [0.3, 0.4) is 0 Å². The number of pyridine rings is 2. The quantitative estimate of drug-likeness (QED) is 0.208. The molecular weight excluding hydrogens is 488 g/mol. The van der Waals surface area contributed by atoms with Crippen molar-refractivity contribution in [3.63, 3.8) is 0 Å². The van der Waals surface area contributed by atoms with Gasteiger partial charge in [0.25, 0.3) is 5.69 Å². The number of para-hydroxylation sites is 4. The van der Waals surface area contributed by atoms with Gasteiger partial charge in [0.05, 0.1) is 38.9 Å². The minimum absolute atomic E-state index is 0.0248. The summed E-state index contributed by atoms with van der Waals surface area (Å²) in [5.74, 6) is 0.807. The van der Waals surface area contributed by atoms with Crippen molar-refractivity contribution in [2.75, 3.05) is 5.06 Å². The number of benzene rings is 2. The Labute approximate surface area is 215 Å². The first-order valence-electron chi connectivity index (χ1n) is 11.3. The summed E-state index contributed by atoms with van der Waals surface area (Å²) in [5, 5.41) is 20.6. The maximum Gasteiger partial charge on any atom is 0.287 e. The van der Waals surface area contributed by atoms with E-state index in [4.69, 9.17) is 0 Å². The van der Waals surface area contributed by atoms with E-state index in [1.807, 2.05) is 53.1 Å². The van der Waals surface area contributed by atoms with Gasteiger partial charge < -0.3 is 0 Å². The monoisotopic (exact) mass is 508 g/mol. The number of hydrogen-bond donors (Lipinski definition) is 1. The van der Waals surface area contributed by atoms with E-state index in [1.165, 1.54) is 25.4 Å². The van der Waals surface area contributed by atoms with Gasteiger partial charge in [-0.25, -0.2) is 19.9 Å². The highest BCUT2D eigenvalue weighted by Gasteiger charge is 2.10. The molecule has 1 N–H and O–H groups in total. The fraction of sp³-hybridized carbons (Fsp3) is 0.0385. The predicted octanol–water partition coefficient (Wildman–Crippen LogP) is 4.49. The van der Waals surface area contributed by atoms with Gasteiger partial charge in [0.15, 0.2) is 0 Å². The van der Waals surface area contributed by atoms with E-state index in [1.54, 1.807) is 35.4 Å². The number of aromatic nitrogens is 6. The van der Waals surface area contributed by atoms with E-state index in [-0.39, 0.29) is 5.69 Å². The Kier molecular flexibility index (Phi) is 6.53. The van der Waals surface area contributed by atoms with Gasteiger partial charge in [-0.3, -0.25) is 29.3 Å². The Morgan fingerprint density at radius 3 is 1.76 bits per heavy atom. The van der Waals surface area contributed by atoms with Crippen LogP contribution >= 0.6 is 0 Å². The molecule has 0 aliphatic rings. The second-order valence-corrected chi connectivity index (χ2v) is 8.04. The molecule has 6 aromatic rings. The highest BCUT2D eigenvalue weighted by molar-refractivity contribution is 5.88. The van der Waals surface area contributed by atoms with Crippen molar-refractivity contribution in [2.24, 2.45) is 0 Å². The van der Waals surface area contributed by atoms with Crippen LogP contribution in [0.1, 0.15) is 6.92 Å². The van der Waals surface area contributed by atoms with Crippen molar-refractivity contribution in [1.82, 2.24) is 29.1 Å². The average Bonchev–Trinajstić information content (AvgIpc) is 3.58. The molecule has 0 radical (unpaired) electrons. The molecule has 6 rings (SSSR count). The minimum atomic E-state index is -0.469. The first-order chi connectivity index (χ1) is 18.4. The molecule has 2 aromatic carbocycles. The van der Waals surface area contributed by atoms with Crippen LogP contribution in [-0.2, 0) is 4.79 Å². The summed E-state index contributed by atoms with van der Waals surface area (Å²) in [4.78, 5) is 38.0. The molecule has 4 aromatic heterocycles.